The Bertz CT molecular complexity index is 1730. The minimum atomic E-state index is -4.44. The Labute approximate surface area is 243 Å². The van der Waals surface area contributed by atoms with Crippen LogP contribution in [0.15, 0.2) is 34.5 Å². The molecule has 42 heavy (non-hydrogen) atoms. The molecule has 3 aliphatic rings. The summed E-state index contributed by atoms with van der Waals surface area (Å²) in [6.45, 7) is -10.3. The van der Waals surface area contributed by atoms with Crippen LogP contribution in [0.4, 0.5) is 14.6 Å². The number of nitrogens with one attached hydrogen (secondary N) is 1. The molecule has 6 rings (SSSR count). The molecule has 0 amide bonds. The molecular formula is C19H21F2N7O10P2S2. The number of thiol groups is 2. The molecule has 23 heteroatoms. The van der Waals surface area contributed by atoms with Crippen molar-refractivity contribution in [3.8, 4) is 0 Å². The Morgan fingerprint density at radius 3 is 2.07 bits per heavy atom. The van der Waals surface area contributed by atoms with E-state index in [1.54, 1.807) is 0 Å². The first-order valence-corrected chi connectivity index (χ1v) is 17.4. The van der Waals surface area contributed by atoms with Crippen LogP contribution in [-0.2, 0) is 36.7 Å². The number of halogens is 2. The van der Waals surface area contributed by atoms with Crippen LogP contribution < -0.4 is 17.0 Å². The number of nitrogens with two attached hydrogens (primary N) is 1. The number of hydrogen-bond acceptors (Lipinski definition) is 14. The fourth-order valence-electron chi connectivity index (χ4n) is 4.74. The number of nitrogens with zero attached hydrogens (tertiary/aromatic N) is 5. The van der Waals surface area contributed by atoms with Crippen LogP contribution in [0, 0.1) is 0 Å². The number of hydrogen-bond donors (Lipinski definition) is 4. The van der Waals surface area contributed by atoms with Crippen molar-refractivity contribution in [2.24, 2.45) is 0 Å². The second-order valence-electron chi connectivity index (χ2n) is 9.29. The van der Waals surface area contributed by atoms with E-state index in [9.17, 15) is 18.7 Å². The smallest absolute Gasteiger partial charge is 0.382 e. The number of aromatic amines is 1. The van der Waals surface area contributed by atoms with Crippen molar-refractivity contribution in [1.29, 1.82) is 0 Å². The van der Waals surface area contributed by atoms with E-state index in [4.69, 9.17) is 33.3 Å². The molecule has 10 atom stereocenters. The Morgan fingerprint density at radius 2 is 1.50 bits per heavy atom. The van der Waals surface area contributed by atoms with Crippen molar-refractivity contribution in [2.75, 3.05) is 18.9 Å². The van der Waals surface area contributed by atoms with Gasteiger partial charge in [0, 0.05) is 12.3 Å². The summed E-state index contributed by atoms with van der Waals surface area (Å²) < 4.78 is 92.5. The molecule has 3 unspecified atom stereocenters. The van der Waals surface area contributed by atoms with Crippen LogP contribution in [-0.4, -0.2) is 79.0 Å². The summed E-state index contributed by atoms with van der Waals surface area (Å²) in [5.41, 5.74) is 4.35. The SMILES string of the molecule is Nc1ncnc2c1ncn2[C@@H]1O[C@@H]2COP(=O)(S)O[C@@H]3[C@@H](COP(=O)(S)O[C@H]2[C@H]1F)OC(n1ccc(=O)[nH]c1=O)[C@@H]3F. The summed E-state index contributed by atoms with van der Waals surface area (Å²) in [5.74, 6) is 0.0336. The molecule has 0 aliphatic carbocycles. The summed E-state index contributed by atoms with van der Waals surface area (Å²) in [4.78, 5) is 37.6. The Kier molecular flexibility index (Phi) is 7.87. The quantitative estimate of drug-likeness (QED) is 0.224. The third kappa shape index (κ3) is 5.58. The van der Waals surface area contributed by atoms with Crippen molar-refractivity contribution in [2.45, 2.75) is 49.2 Å². The first-order valence-electron chi connectivity index (χ1n) is 12.0. The maximum absolute atomic E-state index is 15.9. The summed E-state index contributed by atoms with van der Waals surface area (Å²) in [6.07, 6.45) is -10.3. The van der Waals surface area contributed by atoms with E-state index >= 15 is 8.78 Å². The van der Waals surface area contributed by atoms with Gasteiger partial charge in [-0.3, -0.25) is 37.0 Å². The second kappa shape index (κ2) is 11.1. The first kappa shape index (κ1) is 29.9. The largest absolute Gasteiger partial charge is 0.386 e. The standard InChI is InChI=1S/C19H21F2N7O10P2S2/c20-10-13-7(35-17(10)27-2-1-9(29)26-19(27)30)3-33-40(32,42)38-14-8(4-34-39(31,41)37-13)36-18(11(14)21)28-6-25-12-15(22)23-5-24-16(12)28/h1-2,5-8,10-11,13-14,17-18H,3-4H2,(H,31,41)(H,32,42)(H2,22,23,24)(H,26,29,30)/t7-,8-,10-,11-,13-,14-,17?,18-,39?,40?/m1/s1. The average molecular weight is 671 g/mol. The zero-order valence-electron chi connectivity index (χ0n) is 20.8. The lowest BCUT2D eigenvalue weighted by molar-refractivity contribution is -0.0558. The van der Waals surface area contributed by atoms with Gasteiger partial charge in [0.2, 0.25) is 0 Å². The van der Waals surface area contributed by atoms with E-state index in [1.807, 2.05) is 4.98 Å². The average Bonchev–Trinajstić information content (AvgIpc) is 3.57. The van der Waals surface area contributed by atoms with Crippen LogP contribution in [0.25, 0.3) is 11.2 Å². The van der Waals surface area contributed by atoms with Crippen molar-refractivity contribution in [3.05, 3.63) is 45.8 Å². The van der Waals surface area contributed by atoms with Crippen LogP contribution in [0.3, 0.4) is 0 Å². The van der Waals surface area contributed by atoms with Gasteiger partial charge in [-0.25, -0.2) is 37.7 Å². The number of rotatable bonds is 2. The van der Waals surface area contributed by atoms with Crippen LogP contribution in [0.5, 0.6) is 0 Å². The number of fused-ring (bicyclic) bond motifs is 3. The number of alkyl halides is 2. The molecule has 228 valence electrons. The van der Waals surface area contributed by atoms with Gasteiger partial charge in [0.15, 0.2) is 36.3 Å². The highest BCUT2D eigenvalue weighted by Crippen LogP contribution is 2.60. The maximum atomic E-state index is 15.9. The van der Waals surface area contributed by atoms with Gasteiger partial charge in [-0.2, -0.15) is 0 Å². The highest BCUT2D eigenvalue weighted by Gasteiger charge is 2.54. The van der Waals surface area contributed by atoms with Gasteiger partial charge in [0.05, 0.1) is 19.5 Å². The topological polar surface area (TPSA) is 214 Å². The minimum absolute atomic E-state index is 0.0336. The van der Waals surface area contributed by atoms with Crippen LogP contribution in [0.1, 0.15) is 12.5 Å². The number of imidazole rings is 1. The normalized spacial score (nSPS) is 39.3. The van der Waals surface area contributed by atoms with Gasteiger partial charge in [0.1, 0.15) is 36.3 Å². The van der Waals surface area contributed by atoms with Crippen molar-refractivity contribution in [3.63, 3.8) is 0 Å². The highest BCUT2D eigenvalue weighted by molar-refractivity contribution is 8.44. The molecule has 3 aliphatic heterocycles. The van der Waals surface area contributed by atoms with Gasteiger partial charge in [-0.05, 0) is 0 Å². The molecule has 0 radical (unpaired) electrons. The number of nitrogen functional groups attached to an aromatic ring is 1. The number of ether oxygens (including phenoxy) is 2. The Hall–Kier alpha value is -2.19. The molecule has 3 aromatic rings. The molecule has 0 bridgehead atoms. The number of H-pyrrole nitrogens is 1. The fraction of sp³-hybridized carbons (Fsp3) is 0.526. The predicted molar refractivity (Wildman–Crippen MR) is 144 cm³/mol. The molecule has 0 spiro atoms. The Morgan fingerprint density at radius 1 is 0.929 bits per heavy atom. The van der Waals surface area contributed by atoms with Crippen molar-refractivity contribution >= 4 is 55.1 Å². The summed E-state index contributed by atoms with van der Waals surface area (Å²) >= 11 is 7.83. The third-order valence-corrected chi connectivity index (χ3v) is 9.86. The molecule has 0 aromatic carbocycles. The van der Waals surface area contributed by atoms with Crippen LogP contribution >= 0.6 is 38.1 Å². The Balaban J connectivity index is 1.28. The van der Waals surface area contributed by atoms with Crippen molar-refractivity contribution < 1.29 is 45.5 Å². The minimum Gasteiger partial charge on any atom is -0.382 e. The zero-order valence-corrected chi connectivity index (χ0v) is 24.4. The van der Waals surface area contributed by atoms with Gasteiger partial charge >= 0.3 is 19.3 Å². The van der Waals surface area contributed by atoms with Crippen LogP contribution in [0.2, 0.25) is 0 Å². The predicted octanol–water partition coefficient (Wildman–Crippen LogP) is 1.32. The van der Waals surface area contributed by atoms with E-state index in [1.165, 1.54) is 10.9 Å². The maximum Gasteiger partial charge on any atom is 0.386 e. The first-order chi connectivity index (χ1) is 19.8. The molecule has 3 N–H and O–H groups in total. The summed E-state index contributed by atoms with van der Waals surface area (Å²) in [6, 6.07) is 0.954. The van der Waals surface area contributed by atoms with Gasteiger partial charge < -0.3 is 15.2 Å². The molecule has 3 fully saturated rings. The number of aromatic nitrogens is 6. The van der Waals surface area contributed by atoms with E-state index in [2.05, 4.69) is 39.4 Å². The summed E-state index contributed by atoms with van der Waals surface area (Å²) in [7, 11) is 0. The van der Waals surface area contributed by atoms with E-state index in [0.717, 1.165) is 23.2 Å². The van der Waals surface area contributed by atoms with Gasteiger partial charge in [-0.1, -0.05) is 24.5 Å². The van der Waals surface area contributed by atoms with Gasteiger partial charge in [-0.15, -0.1) is 0 Å². The lowest BCUT2D eigenvalue weighted by Crippen LogP contribution is -2.37. The van der Waals surface area contributed by atoms with E-state index < -0.39 is 87.3 Å². The molecule has 3 aromatic heterocycles. The molecule has 6 heterocycles. The second-order valence-corrected chi connectivity index (χ2v) is 15.0. The van der Waals surface area contributed by atoms with E-state index in [-0.39, 0.29) is 17.0 Å². The lowest BCUT2D eigenvalue weighted by atomic mass is 10.1. The van der Waals surface area contributed by atoms with E-state index in [0.29, 0.717) is 0 Å². The monoisotopic (exact) mass is 671 g/mol. The highest BCUT2D eigenvalue weighted by atomic mass is 32.7. The molecule has 3 saturated heterocycles. The fourth-order valence-corrected chi connectivity index (χ4v) is 7.71. The van der Waals surface area contributed by atoms with Gasteiger partial charge in [0.25, 0.3) is 5.56 Å². The molecule has 17 nitrogen and oxygen atoms in total. The zero-order chi connectivity index (χ0) is 30.0. The molecule has 0 saturated carbocycles. The number of anilines is 1. The van der Waals surface area contributed by atoms with Crippen molar-refractivity contribution in [1.82, 2.24) is 29.1 Å². The lowest BCUT2D eigenvalue weighted by Gasteiger charge is -2.28. The molecular weight excluding hydrogens is 650 g/mol. The summed E-state index contributed by atoms with van der Waals surface area (Å²) in [5, 5.41) is 0. The third-order valence-electron chi connectivity index (χ3n) is 6.63.